The predicted molar refractivity (Wildman–Crippen MR) is 102 cm³/mol. The van der Waals surface area contributed by atoms with Crippen molar-refractivity contribution >= 4 is 23.5 Å². The summed E-state index contributed by atoms with van der Waals surface area (Å²) in [5.74, 6) is -1.33. The second-order valence-corrected chi connectivity index (χ2v) is 7.84. The van der Waals surface area contributed by atoms with Crippen molar-refractivity contribution in [3.8, 4) is 0 Å². The van der Waals surface area contributed by atoms with Crippen LogP contribution in [0.2, 0.25) is 0 Å². The summed E-state index contributed by atoms with van der Waals surface area (Å²) in [4.78, 5) is 19.3. The number of nitrogens with zero attached hydrogens (tertiary/aromatic N) is 5. The van der Waals surface area contributed by atoms with E-state index in [2.05, 4.69) is 25.5 Å². The first-order valence-corrected chi connectivity index (χ1v) is 9.67. The molecular formula is C18H14F6N6OS. The van der Waals surface area contributed by atoms with Gasteiger partial charge in [-0.15, -0.1) is 10.2 Å². The Balaban J connectivity index is 1.84. The number of carbonyl (C=O) groups is 1. The molecule has 1 amide bonds. The van der Waals surface area contributed by atoms with Crippen LogP contribution in [-0.2, 0) is 19.4 Å². The van der Waals surface area contributed by atoms with Crippen molar-refractivity contribution in [3.63, 3.8) is 0 Å². The lowest BCUT2D eigenvalue weighted by molar-refractivity contribution is -0.145. The molecule has 0 bridgehead atoms. The van der Waals surface area contributed by atoms with E-state index in [1.165, 1.54) is 30.4 Å². The minimum absolute atomic E-state index is 0.0642. The van der Waals surface area contributed by atoms with Crippen LogP contribution in [0, 0.1) is 0 Å². The third-order valence-electron chi connectivity index (χ3n) is 4.12. The molecule has 0 aliphatic heterocycles. The van der Waals surface area contributed by atoms with Gasteiger partial charge in [0.25, 0.3) is 5.91 Å². The maximum absolute atomic E-state index is 13.0. The van der Waals surface area contributed by atoms with Gasteiger partial charge in [-0.3, -0.25) is 4.79 Å². The number of hydrogen-bond acceptors (Lipinski definition) is 6. The zero-order valence-electron chi connectivity index (χ0n) is 16.4. The minimum Gasteiger partial charge on any atom is -0.312 e. The van der Waals surface area contributed by atoms with E-state index >= 15 is 0 Å². The van der Waals surface area contributed by atoms with Gasteiger partial charge in [-0.1, -0.05) is 11.8 Å². The van der Waals surface area contributed by atoms with Crippen LogP contribution in [0.3, 0.4) is 0 Å². The highest BCUT2D eigenvalue weighted by Crippen LogP contribution is 2.35. The number of pyridine rings is 2. The quantitative estimate of drug-likeness (QED) is 0.423. The fourth-order valence-electron chi connectivity index (χ4n) is 2.51. The largest absolute Gasteiger partial charge is 0.433 e. The number of carbonyl (C=O) groups excluding carboxylic acids is 1. The van der Waals surface area contributed by atoms with E-state index in [-0.39, 0.29) is 23.2 Å². The van der Waals surface area contributed by atoms with Crippen molar-refractivity contribution in [2.45, 2.75) is 29.7 Å². The van der Waals surface area contributed by atoms with Crippen LogP contribution in [0.5, 0.6) is 0 Å². The van der Waals surface area contributed by atoms with Crippen molar-refractivity contribution in [3.05, 3.63) is 59.3 Å². The van der Waals surface area contributed by atoms with Crippen molar-refractivity contribution in [2.75, 3.05) is 5.32 Å². The van der Waals surface area contributed by atoms with E-state index in [1.54, 1.807) is 17.7 Å². The topological polar surface area (TPSA) is 85.6 Å². The molecule has 32 heavy (non-hydrogen) atoms. The molecule has 3 heterocycles. The van der Waals surface area contributed by atoms with Gasteiger partial charge in [0, 0.05) is 18.5 Å². The number of alkyl halides is 6. The molecule has 14 heteroatoms. The number of rotatable bonds is 5. The van der Waals surface area contributed by atoms with Gasteiger partial charge in [-0.2, -0.15) is 26.3 Å². The van der Waals surface area contributed by atoms with Crippen LogP contribution >= 0.6 is 11.8 Å². The Bertz CT molecular complexity index is 1100. The fourth-order valence-corrected chi connectivity index (χ4v) is 3.42. The highest BCUT2D eigenvalue weighted by molar-refractivity contribution is 7.99. The standard InChI is InChI=1S/C18H14F6N6OS/c1-9(32-16-29-26-8-30(16)2)10-3-4-25-14(5-10)28-15(31)12-6-11(17(19,20)21)7-13(27-12)18(22,23)24/h3-9H,1-2H3,(H,25,28,31)/t9-/m0/s1. The molecular weight excluding hydrogens is 462 g/mol. The molecule has 0 radical (unpaired) electrons. The average molecular weight is 476 g/mol. The zero-order valence-corrected chi connectivity index (χ0v) is 17.2. The Hall–Kier alpha value is -3.16. The molecule has 0 saturated carbocycles. The van der Waals surface area contributed by atoms with Crippen molar-refractivity contribution in [2.24, 2.45) is 7.05 Å². The Morgan fingerprint density at radius 3 is 2.44 bits per heavy atom. The van der Waals surface area contributed by atoms with Crippen LogP contribution < -0.4 is 5.32 Å². The number of aryl methyl sites for hydroxylation is 1. The summed E-state index contributed by atoms with van der Waals surface area (Å²) in [6, 6.07) is 3.19. The van der Waals surface area contributed by atoms with E-state index in [4.69, 9.17) is 0 Å². The second kappa shape index (κ2) is 8.76. The number of halogens is 6. The summed E-state index contributed by atoms with van der Waals surface area (Å²) < 4.78 is 79.6. The third kappa shape index (κ3) is 5.55. The average Bonchev–Trinajstić information content (AvgIpc) is 3.11. The minimum atomic E-state index is -5.17. The van der Waals surface area contributed by atoms with E-state index in [9.17, 15) is 31.1 Å². The highest BCUT2D eigenvalue weighted by Gasteiger charge is 2.39. The summed E-state index contributed by atoms with van der Waals surface area (Å²) in [5, 5.41) is 10.3. The summed E-state index contributed by atoms with van der Waals surface area (Å²) in [7, 11) is 1.75. The number of anilines is 1. The van der Waals surface area contributed by atoms with Crippen LogP contribution in [0.4, 0.5) is 32.2 Å². The number of hydrogen-bond donors (Lipinski definition) is 1. The number of thioether (sulfide) groups is 1. The summed E-state index contributed by atoms with van der Waals surface area (Å²) >= 11 is 1.35. The first kappa shape index (κ1) is 23.5. The van der Waals surface area contributed by atoms with Gasteiger partial charge in [0.1, 0.15) is 23.5 Å². The number of aromatic nitrogens is 5. The van der Waals surface area contributed by atoms with Crippen molar-refractivity contribution < 1.29 is 31.1 Å². The van der Waals surface area contributed by atoms with E-state index < -0.39 is 35.2 Å². The first-order valence-electron chi connectivity index (χ1n) is 8.79. The molecule has 1 atom stereocenters. The molecule has 0 spiro atoms. The maximum Gasteiger partial charge on any atom is 0.433 e. The van der Waals surface area contributed by atoms with Gasteiger partial charge in [0.2, 0.25) is 0 Å². The number of nitrogens with one attached hydrogen (secondary N) is 1. The SMILES string of the molecule is C[C@H](Sc1nncn1C)c1ccnc(NC(=O)c2cc(C(F)(F)F)cc(C(F)(F)F)n2)c1. The summed E-state index contributed by atoms with van der Waals surface area (Å²) in [5.41, 5.74) is -3.83. The molecule has 0 aromatic carbocycles. The van der Waals surface area contributed by atoms with Crippen LogP contribution in [0.1, 0.15) is 39.5 Å². The van der Waals surface area contributed by atoms with E-state index in [0.717, 1.165) is 0 Å². The lowest BCUT2D eigenvalue weighted by Gasteiger charge is -2.14. The molecule has 1 N–H and O–H groups in total. The van der Waals surface area contributed by atoms with Gasteiger partial charge in [0.15, 0.2) is 5.16 Å². The summed E-state index contributed by atoms with van der Waals surface area (Å²) in [6.45, 7) is 1.84. The molecule has 0 fully saturated rings. The Morgan fingerprint density at radius 1 is 1.12 bits per heavy atom. The Labute approximate surface area is 181 Å². The summed E-state index contributed by atoms with van der Waals surface area (Å²) in [6.07, 6.45) is -7.40. The van der Waals surface area contributed by atoms with E-state index in [0.29, 0.717) is 10.7 Å². The van der Waals surface area contributed by atoms with Gasteiger partial charge < -0.3 is 9.88 Å². The number of amides is 1. The normalized spacial score (nSPS) is 13.1. The maximum atomic E-state index is 13.0. The Morgan fingerprint density at radius 2 is 1.84 bits per heavy atom. The van der Waals surface area contributed by atoms with Crippen LogP contribution in [0.15, 0.2) is 41.9 Å². The van der Waals surface area contributed by atoms with Gasteiger partial charge in [-0.25, -0.2) is 9.97 Å². The second-order valence-electron chi connectivity index (χ2n) is 6.53. The molecule has 3 aromatic heterocycles. The third-order valence-corrected chi connectivity index (χ3v) is 5.33. The lowest BCUT2D eigenvalue weighted by Crippen LogP contribution is -2.20. The highest BCUT2D eigenvalue weighted by atomic mass is 32.2. The molecule has 0 unspecified atom stereocenters. The van der Waals surface area contributed by atoms with Gasteiger partial charge in [0.05, 0.1) is 5.56 Å². The lowest BCUT2D eigenvalue weighted by atomic mass is 10.1. The predicted octanol–water partition coefficient (Wildman–Crippen LogP) is 4.75. The van der Waals surface area contributed by atoms with Crippen LogP contribution in [-0.4, -0.2) is 30.6 Å². The van der Waals surface area contributed by atoms with Gasteiger partial charge in [-0.05, 0) is 36.8 Å². The monoisotopic (exact) mass is 476 g/mol. The zero-order chi connectivity index (χ0) is 23.7. The fraction of sp³-hybridized carbons (Fsp3) is 0.278. The van der Waals surface area contributed by atoms with E-state index in [1.807, 2.05) is 6.92 Å². The molecule has 7 nitrogen and oxygen atoms in total. The van der Waals surface area contributed by atoms with Crippen molar-refractivity contribution in [1.82, 2.24) is 24.7 Å². The molecule has 0 saturated heterocycles. The molecule has 0 aliphatic rings. The van der Waals surface area contributed by atoms with Crippen molar-refractivity contribution in [1.29, 1.82) is 0 Å². The molecule has 170 valence electrons. The molecule has 3 rings (SSSR count). The smallest absolute Gasteiger partial charge is 0.312 e. The first-order chi connectivity index (χ1) is 14.8. The van der Waals surface area contributed by atoms with Crippen LogP contribution in [0.25, 0.3) is 0 Å². The molecule has 0 aliphatic carbocycles. The Kier molecular flexibility index (Phi) is 6.44. The van der Waals surface area contributed by atoms with Gasteiger partial charge >= 0.3 is 12.4 Å². The molecule has 3 aromatic rings.